The number of aryl methyl sites for hydroxylation is 1. The van der Waals surface area contributed by atoms with Crippen LogP contribution < -0.4 is 0 Å². The molecule has 3 rings (SSSR count). The molecule has 0 aliphatic rings. The zero-order chi connectivity index (χ0) is 17.5. The summed E-state index contributed by atoms with van der Waals surface area (Å²) in [6.45, 7) is 4.43. The Bertz CT molecular complexity index is 826. The summed E-state index contributed by atoms with van der Waals surface area (Å²) in [5.41, 5.74) is 8.04. The summed E-state index contributed by atoms with van der Waals surface area (Å²) >= 11 is 0. The van der Waals surface area contributed by atoms with Crippen LogP contribution in [0, 0.1) is 6.92 Å². The van der Waals surface area contributed by atoms with E-state index < -0.39 is 0 Å². The third kappa shape index (κ3) is 4.28. The molecule has 25 heavy (non-hydrogen) atoms. The first kappa shape index (κ1) is 17.2. The Morgan fingerprint density at radius 2 is 1.28 bits per heavy atom. The maximum Gasteiger partial charge on any atom is -0.00733 e. The fourth-order valence-electron chi connectivity index (χ4n) is 3.33. The molecule has 0 heteroatoms. The predicted octanol–water partition coefficient (Wildman–Crippen LogP) is 7.14. The molecule has 0 N–H and O–H groups in total. The van der Waals surface area contributed by atoms with Gasteiger partial charge in [-0.2, -0.15) is 0 Å². The van der Waals surface area contributed by atoms with Crippen LogP contribution in [0.15, 0.2) is 84.9 Å². The monoisotopic (exact) mass is 326 g/mol. The van der Waals surface area contributed by atoms with E-state index in [2.05, 4.69) is 98.8 Å². The smallest absolute Gasteiger partial charge is 0.00733 e. The molecule has 0 amide bonds. The van der Waals surface area contributed by atoms with Gasteiger partial charge in [0.1, 0.15) is 0 Å². The highest BCUT2D eigenvalue weighted by molar-refractivity contribution is 5.98. The van der Waals surface area contributed by atoms with E-state index in [1.54, 1.807) is 0 Å². The number of hydrogen-bond acceptors (Lipinski definition) is 0. The molecule has 0 aliphatic heterocycles. The van der Waals surface area contributed by atoms with Crippen molar-refractivity contribution in [2.24, 2.45) is 0 Å². The van der Waals surface area contributed by atoms with Crippen LogP contribution in [-0.2, 0) is 0 Å². The van der Waals surface area contributed by atoms with Crippen molar-refractivity contribution in [3.63, 3.8) is 0 Å². The van der Waals surface area contributed by atoms with Crippen molar-refractivity contribution in [1.82, 2.24) is 0 Å². The van der Waals surface area contributed by atoms with Gasteiger partial charge in [0, 0.05) is 0 Å². The quantitative estimate of drug-likeness (QED) is 0.422. The molecule has 0 unspecified atom stereocenters. The van der Waals surface area contributed by atoms with Crippen molar-refractivity contribution in [2.45, 2.75) is 33.1 Å². The van der Waals surface area contributed by atoms with Gasteiger partial charge < -0.3 is 0 Å². The summed E-state index contributed by atoms with van der Waals surface area (Å²) in [7, 11) is 0. The molecule has 126 valence electrons. The van der Waals surface area contributed by atoms with Crippen molar-refractivity contribution >= 4 is 11.1 Å². The van der Waals surface area contributed by atoms with Gasteiger partial charge in [0.05, 0.1) is 0 Å². The standard InChI is InChI=1S/C25H26/c1-3-4-18-24(21-13-7-5-8-14-21)25(22-15-9-6-10-16-22)23-17-11-12-20(2)19-23/h5-17,19H,3-4,18H2,1-2H3/b25-24+. The summed E-state index contributed by atoms with van der Waals surface area (Å²) in [5.74, 6) is 0. The van der Waals surface area contributed by atoms with Gasteiger partial charge in [-0.1, -0.05) is 104 Å². The second kappa shape index (κ2) is 8.48. The van der Waals surface area contributed by atoms with Gasteiger partial charge in [-0.15, -0.1) is 0 Å². The first-order valence-electron chi connectivity index (χ1n) is 9.20. The van der Waals surface area contributed by atoms with Crippen LogP contribution in [0.4, 0.5) is 0 Å². The maximum absolute atomic E-state index is 2.30. The van der Waals surface area contributed by atoms with Gasteiger partial charge in [-0.25, -0.2) is 0 Å². The van der Waals surface area contributed by atoms with Gasteiger partial charge in [0.15, 0.2) is 0 Å². The van der Waals surface area contributed by atoms with E-state index in [1.165, 1.54) is 46.2 Å². The van der Waals surface area contributed by atoms with Crippen LogP contribution >= 0.6 is 0 Å². The zero-order valence-electron chi connectivity index (χ0n) is 15.2. The molecule has 0 aliphatic carbocycles. The molecule has 3 aromatic rings. The average molecular weight is 326 g/mol. The van der Waals surface area contributed by atoms with Gasteiger partial charge in [-0.3, -0.25) is 0 Å². The predicted molar refractivity (Wildman–Crippen MR) is 110 cm³/mol. The van der Waals surface area contributed by atoms with Crippen LogP contribution in [0.3, 0.4) is 0 Å². The second-order valence-electron chi connectivity index (χ2n) is 6.56. The van der Waals surface area contributed by atoms with Crippen molar-refractivity contribution in [3.05, 3.63) is 107 Å². The molecule has 0 fully saturated rings. The lowest BCUT2D eigenvalue weighted by atomic mass is 9.86. The normalized spacial score (nSPS) is 11.9. The Morgan fingerprint density at radius 1 is 0.680 bits per heavy atom. The minimum Gasteiger partial charge on any atom is -0.0654 e. The molecule has 0 spiro atoms. The molecule has 0 bridgehead atoms. The molecule has 0 aromatic heterocycles. The highest BCUT2D eigenvalue weighted by atomic mass is 14.2. The summed E-state index contributed by atoms with van der Waals surface area (Å²) in [6, 6.07) is 30.5. The van der Waals surface area contributed by atoms with Crippen LogP contribution in [0.2, 0.25) is 0 Å². The Hall–Kier alpha value is -2.60. The molecule has 0 nitrogen and oxygen atoms in total. The van der Waals surface area contributed by atoms with Crippen LogP contribution in [0.5, 0.6) is 0 Å². The molecular formula is C25H26. The molecule has 0 atom stereocenters. The number of unbranched alkanes of at least 4 members (excludes halogenated alkanes) is 1. The highest BCUT2D eigenvalue weighted by Crippen LogP contribution is 2.35. The average Bonchev–Trinajstić information content (AvgIpc) is 2.66. The SMILES string of the molecule is CCCC/C(=C(/c1ccccc1)c1cccc(C)c1)c1ccccc1. The lowest BCUT2D eigenvalue weighted by molar-refractivity contribution is 0.825. The van der Waals surface area contributed by atoms with Gasteiger partial charge in [0.25, 0.3) is 0 Å². The van der Waals surface area contributed by atoms with Gasteiger partial charge in [0.2, 0.25) is 0 Å². The van der Waals surface area contributed by atoms with E-state index >= 15 is 0 Å². The molecule has 0 saturated carbocycles. The first-order chi connectivity index (χ1) is 12.3. The van der Waals surface area contributed by atoms with Crippen molar-refractivity contribution < 1.29 is 0 Å². The third-order valence-electron chi connectivity index (χ3n) is 4.57. The van der Waals surface area contributed by atoms with Gasteiger partial charge in [-0.05, 0) is 47.6 Å². The Labute approximate surface area is 151 Å². The van der Waals surface area contributed by atoms with E-state index in [0.717, 1.165) is 6.42 Å². The Morgan fingerprint density at radius 3 is 1.88 bits per heavy atom. The molecule has 0 radical (unpaired) electrons. The third-order valence-corrected chi connectivity index (χ3v) is 4.57. The van der Waals surface area contributed by atoms with E-state index in [4.69, 9.17) is 0 Å². The molecular weight excluding hydrogens is 300 g/mol. The number of allylic oxidation sites excluding steroid dienone is 1. The van der Waals surface area contributed by atoms with E-state index in [0.29, 0.717) is 0 Å². The number of hydrogen-bond donors (Lipinski definition) is 0. The minimum absolute atomic E-state index is 1.10. The number of benzene rings is 3. The number of rotatable bonds is 6. The first-order valence-corrected chi connectivity index (χ1v) is 9.20. The van der Waals surface area contributed by atoms with Crippen molar-refractivity contribution in [2.75, 3.05) is 0 Å². The molecule has 0 heterocycles. The highest BCUT2D eigenvalue weighted by Gasteiger charge is 2.13. The van der Waals surface area contributed by atoms with Crippen LogP contribution in [0.1, 0.15) is 48.4 Å². The van der Waals surface area contributed by atoms with Crippen LogP contribution in [0.25, 0.3) is 11.1 Å². The Kier molecular flexibility index (Phi) is 5.85. The fourth-order valence-corrected chi connectivity index (χ4v) is 3.33. The molecule has 3 aromatic carbocycles. The summed E-state index contributed by atoms with van der Waals surface area (Å²) in [5, 5.41) is 0. The fraction of sp³-hybridized carbons (Fsp3) is 0.200. The van der Waals surface area contributed by atoms with E-state index in [1.807, 2.05) is 0 Å². The largest absolute Gasteiger partial charge is 0.0654 e. The lowest BCUT2D eigenvalue weighted by Gasteiger charge is -2.18. The van der Waals surface area contributed by atoms with E-state index in [9.17, 15) is 0 Å². The van der Waals surface area contributed by atoms with Gasteiger partial charge >= 0.3 is 0 Å². The minimum atomic E-state index is 1.10. The lowest BCUT2D eigenvalue weighted by Crippen LogP contribution is -1.96. The topological polar surface area (TPSA) is 0 Å². The van der Waals surface area contributed by atoms with Crippen molar-refractivity contribution in [3.8, 4) is 0 Å². The summed E-state index contributed by atoms with van der Waals surface area (Å²) in [6.07, 6.45) is 3.50. The second-order valence-corrected chi connectivity index (χ2v) is 6.56. The summed E-state index contributed by atoms with van der Waals surface area (Å²) < 4.78 is 0. The van der Waals surface area contributed by atoms with Crippen molar-refractivity contribution in [1.29, 1.82) is 0 Å². The van der Waals surface area contributed by atoms with Crippen LogP contribution in [-0.4, -0.2) is 0 Å². The zero-order valence-corrected chi connectivity index (χ0v) is 15.2. The molecule has 0 saturated heterocycles. The summed E-state index contributed by atoms with van der Waals surface area (Å²) in [4.78, 5) is 0. The maximum atomic E-state index is 2.30. The van der Waals surface area contributed by atoms with E-state index in [-0.39, 0.29) is 0 Å². The Balaban J connectivity index is 2.26.